The van der Waals surface area contributed by atoms with E-state index in [4.69, 9.17) is 0 Å². The number of hydrazone groups is 1. The zero-order valence-electron chi connectivity index (χ0n) is 10.5. The van der Waals surface area contributed by atoms with Crippen LogP contribution < -0.4 is 5.32 Å². The van der Waals surface area contributed by atoms with Gasteiger partial charge >= 0.3 is 6.03 Å². The van der Waals surface area contributed by atoms with Gasteiger partial charge < -0.3 is 5.32 Å². The Morgan fingerprint density at radius 3 is 2.79 bits per heavy atom. The predicted molar refractivity (Wildman–Crippen MR) is 73.1 cm³/mol. The van der Waals surface area contributed by atoms with E-state index in [-0.39, 0.29) is 5.91 Å². The molecule has 5 nitrogen and oxygen atoms in total. The highest BCUT2D eigenvalue weighted by molar-refractivity contribution is 7.08. The predicted octanol–water partition coefficient (Wildman–Crippen LogP) is 2.34. The third-order valence-corrected chi connectivity index (χ3v) is 4.41. The average molecular weight is 277 g/mol. The van der Waals surface area contributed by atoms with Gasteiger partial charge in [-0.3, -0.25) is 4.79 Å². The number of hydrogen-bond donors (Lipinski definition) is 1. The van der Waals surface area contributed by atoms with Gasteiger partial charge in [-0.25, -0.2) is 4.79 Å². The summed E-state index contributed by atoms with van der Waals surface area (Å²) < 4.78 is 0. The first-order valence-electron chi connectivity index (χ1n) is 6.44. The molecular formula is C13H15N3O2S. The Morgan fingerprint density at radius 2 is 2.11 bits per heavy atom. The largest absolute Gasteiger partial charge is 0.346 e. The minimum Gasteiger partial charge on any atom is -0.321 e. The fourth-order valence-electron chi connectivity index (χ4n) is 2.68. The maximum atomic E-state index is 12.4. The number of carbonyl (C=O) groups excluding carboxylic acids is 2. The standard InChI is InChI=1S/C13H15N3O2S/c17-11-13(5-2-1-3-6-13)15-12(18)16(11)14-8-10-4-7-19-9-10/h4,7-9H,1-3,5-6H2,(H,15,18)/b14-8-. The van der Waals surface area contributed by atoms with Gasteiger partial charge in [0.05, 0.1) is 6.21 Å². The van der Waals surface area contributed by atoms with Crippen LogP contribution in [0, 0.1) is 0 Å². The first-order chi connectivity index (χ1) is 9.21. The molecular weight excluding hydrogens is 262 g/mol. The van der Waals surface area contributed by atoms with Gasteiger partial charge in [-0.05, 0) is 29.7 Å². The van der Waals surface area contributed by atoms with E-state index >= 15 is 0 Å². The van der Waals surface area contributed by atoms with Gasteiger partial charge in [0, 0.05) is 5.56 Å². The Morgan fingerprint density at radius 1 is 1.32 bits per heavy atom. The normalized spacial score (nSPS) is 22.4. The average Bonchev–Trinajstić information content (AvgIpc) is 2.99. The molecule has 0 unspecified atom stereocenters. The molecule has 6 heteroatoms. The lowest BCUT2D eigenvalue weighted by molar-refractivity contribution is -0.132. The van der Waals surface area contributed by atoms with E-state index in [1.54, 1.807) is 17.6 Å². The van der Waals surface area contributed by atoms with E-state index in [9.17, 15) is 9.59 Å². The fraction of sp³-hybridized carbons (Fsp3) is 0.462. The third kappa shape index (κ3) is 2.16. The Kier molecular flexibility index (Phi) is 3.10. The van der Waals surface area contributed by atoms with Gasteiger partial charge in [-0.2, -0.15) is 16.4 Å². The lowest BCUT2D eigenvalue weighted by atomic mass is 9.82. The number of urea groups is 1. The molecule has 1 spiro atoms. The highest BCUT2D eigenvalue weighted by Crippen LogP contribution is 2.33. The molecule has 1 N–H and O–H groups in total. The summed E-state index contributed by atoms with van der Waals surface area (Å²) in [6, 6.07) is 1.49. The molecule has 0 atom stereocenters. The molecule has 1 aliphatic heterocycles. The van der Waals surface area contributed by atoms with Crippen LogP contribution in [0.3, 0.4) is 0 Å². The van der Waals surface area contributed by atoms with Crippen molar-refractivity contribution in [1.29, 1.82) is 0 Å². The van der Waals surface area contributed by atoms with Crippen molar-refractivity contribution in [3.63, 3.8) is 0 Å². The zero-order valence-corrected chi connectivity index (χ0v) is 11.3. The van der Waals surface area contributed by atoms with Crippen molar-refractivity contribution in [2.45, 2.75) is 37.6 Å². The molecule has 0 radical (unpaired) electrons. The molecule has 100 valence electrons. The second-order valence-electron chi connectivity index (χ2n) is 4.99. The third-order valence-electron chi connectivity index (χ3n) is 3.71. The molecule has 0 bridgehead atoms. The van der Waals surface area contributed by atoms with Crippen molar-refractivity contribution in [3.05, 3.63) is 22.4 Å². The van der Waals surface area contributed by atoms with Gasteiger partial charge in [0.25, 0.3) is 5.91 Å². The van der Waals surface area contributed by atoms with E-state index < -0.39 is 11.6 Å². The van der Waals surface area contributed by atoms with Crippen LogP contribution >= 0.6 is 11.3 Å². The molecule has 2 aliphatic rings. The summed E-state index contributed by atoms with van der Waals surface area (Å²) in [5.41, 5.74) is 0.205. The Bertz CT molecular complexity index is 518. The minimum absolute atomic E-state index is 0.205. The SMILES string of the molecule is O=C1NC2(CCCCC2)C(=O)N1/N=C\c1ccsc1. The highest BCUT2D eigenvalue weighted by atomic mass is 32.1. The summed E-state index contributed by atoms with van der Waals surface area (Å²) in [6.45, 7) is 0. The first kappa shape index (κ1) is 12.3. The van der Waals surface area contributed by atoms with Crippen LogP contribution in [0.5, 0.6) is 0 Å². The molecule has 1 saturated heterocycles. The molecule has 1 aromatic heterocycles. The molecule has 2 heterocycles. The van der Waals surface area contributed by atoms with Crippen molar-refractivity contribution in [1.82, 2.24) is 10.3 Å². The summed E-state index contributed by atoms with van der Waals surface area (Å²) in [5.74, 6) is -0.205. The Balaban J connectivity index is 1.79. The molecule has 0 aromatic carbocycles. The van der Waals surface area contributed by atoms with Gasteiger partial charge in [0.15, 0.2) is 0 Å². The molecule has 19 heavy (non-hydrogen) atoms. The summed E-state index contributed by atoms with van der Waals surface area (Å²) in [4.78, 5) is 24.3. The number of imide groups is 1. The minimum atomic E-state index is -0.693. The Hall–Kier alpha value is -1.69. The van der Waals surface area contributed by atoms with E-state index in [1.807, 2.05) is 16.8 Å². The molecule has 3 rings (SSSR count). The van der Waals surface area contributed by atoms with Crippen molar-refractivity contribution < 1.29 is 9.59 Å². The van der Waals surface area contributed by atoms with Crippen LogP contribution in [0.15, 0.2) is 21.9 Å². The van der Waals surface area contributed by atoms with E-state index in [0.717, 1.165) is 42.7 Å². The van der Waals surface area contributed by atoms with Gasteiger partial charge in [-0.15, -0.1) is 5.01 Å². The van der Waals surface area contributed by atoms with Crippen LogP contribution in [0.1, 0.15) is 37.7 Å². The van der Waals surface area contributed by atoms with Crippen LogP contribution in [-0.2, 0) is 4.79 Å². The molecule has 1 aromatic rings. The van der Waals surface area contributed by atoms with E-state index in [0.29, 0.717) is 0 Å². The van der Waals surface area contributed by atoms with Crippen molar-refractivity contribution in [2.24, 2.45) is 5.10 Å². The number of amides is 3. The van der Waals surface area contributed by atoms with Crippen molar-refractivity contribution in [2.75, 3.05) is 0 Å². The molecule has 1 saturated carbocycles. The van der Waals surface area contributed by atoms with Gasteiger partial charge in [0.2, 0.25) is 0 Å². The topological polar surface area (TPSA) is 61.8 Å². The summed E-state index contributed by atoms with van der Waals surface area (Å²) in [6.07, 6.45) is 6.09. The van der Waals surface area contributed by atoms with Crippen LogP contribution in [-0.4, -0.2) is 28.7 Å². The lowest BCUT2D eigenvalue weighted by Crippen LogP contribution is -2.48. The first-order valence-corrected chi connectivity index (χ1v) is 7.38. The molecule has 1 aliphatic carbocycles. The zero-order chi connectivity index (χ0) is 13.3. The second-order valence-corrected chi connectivity index (χ2v) is 5.77. The fourth-order valence-corrected chi connectivity index (χ4v) is 3.29. The summed E-state index contributed by atoms with van der Waals surface area (Å²) in [7, 11) is 0. The van der Waals surface area contributed by atoms with Crippen molar-refractivity contribution in [3.8, 4) is 0 Å². The highest BCUT2D eigenvalue weighted by Gasteiger charge is 2.51. The maximum Gasteiger partial charge on any atom is 0.346 e. The van der Waals surface area contributed by atoms with Crippen molar-refractivity contribution >= 4 is 29.5 Å². The van der Waals surface area contributed by atoms with Gasteiger partial charge in [0.1, 0.15) is 5.54 Å². The number of carbonyl (C=O) groups is 2. The smallest absolute Gasteiger partial charge is 0.321 e. The van der Waals surface area contributed by atoms with Gasteiger partial charge in [-0.1, -0.05) is 19.3 Å². The molecule has 3 amide bonds. The maximum absolute atomic E-state index is 12.4. The molecule has 2 fully saturated rings. The monoisotopic (exact) mass is 277 g/mol. The Labute approximate surface area is 115 Å². The second kappa shape index (κ2) is 4.77. The van der Waals surface area contributed by atoms with Crippen LogP contribution in [0.2, 0.25) is 0 Å². The van der Waals surface area contributed by atoms with Crippen LogP contribution in [0.4, 0.5) is 4.79 Å². The quantitative estimate of drug-likeness (QED) is 0.666. The summed E-state index contributed by atoms with van der Waals surface area (Å²) in [5, 5.41) is 11.7. The number of nitrogens with zero attached hydrogens (tertiary/aromatic N) is 2. The number of thiophene rings is 1. The van der Waals surface area contributed by atoms with Crippen LogP contribution in [0.25, 0.3) is 0 Å². The number of rotatable bonds is 2. The number of hydrogen-bond acceptors (Lipinski definition) is 4. The number of nitrogens with one attached hydrogen (secondary N) is 1. The van der Waals surface area contributed by atoms with E-state index in [1.165, 1.54) is 0 Å². The van der Waals surface area contributed by atoms with E-state index in [2.05, 4.69) is 10.4 Å². The lowest BCUT2D eigenvalue weighted by Gasteiger charge is -2.29. The summed E-state index contributed by atoms with van der Waals surface area (Å²) >= 11 is 1.55.